The first-order valence-electron chi connectivity index (χ1n) is 11.3. The van der Waals surface area contributed by atoms with Gasteiger partial charge in [0.2, 0.25) is 0 Å². The van der Waals surface area contributed by atoms with Crippen LogP contribution in [-0.2, 0) is 33.8 Å². The quantitative estimate of drug-likeness (QED) is 0.348. The van der Waals surface area contributed by atoms with Crippen LogP contribution >= 0.6 is 0 Å². The van der Waals surface area contributed by atoms with Crippen LogP contribution in [-0.4, -0.2) is 30.4 Å². The number of aryl methyl sites for hydroxylation is 1. The third-order valence-corrected chi connectivity index (χ3v) is 7.75. The fraction of sp³-hybridized carbons (Fsp3) is 0.200. The SMILES string of the molecule is O=C1Nc2ccc(S(=O)(=O)Nc3ccc(C(F)(F)F)cc3)cc2C1=Cc1[nH]c2c(c1C(=O)O)CCCC2. The number of fused-ring (bicyclic) bond motifs is 2. The average molecular weight is 532 g/mol. The van der Waals surface area contributed by atoms with Crippen LogP contribution < -0.4 is 10.0 Å². The van der Waals surface area contributed by atoms with E-state index < -0.39 is 33.6 Å². The smallest absolute Gasteiger partial charge is 0.416 e. The summed E-state index contributed by atoms with van der Waals surface area (Å²) < 4.78 is 66.6. The number of halogens is 3. The summed E-state index contributed by atoms with van der Waals surface area (Å²) in [7, 11) is -4.22. The maximum atomic E-state index is 13.0. The van der Waals surface area contributed by atoms with Crippen LogP contribution in [0.15, 0.2) is 47.4 Å². The number of hydrogen-bond donors (Lipinski definition) is 4. The molecule has 4 N–H and O–H groups in total. The standard InChI is InChI=1S/C25H20F3N3O5S/c26-25(27,28)13-5-7-14(8-6-13)31-37(35,36)15-9-10-20-17(11-15)18(23(32)30-20)12-21-22(24(33)34)16-3-1-2-4-19(16)29-21/h5-12,29,31H,1-4H2,(H,30,32)(H,33,34). The zero-order chi connectivity index (χ0) is 26.5. The lowest BCUT2D eigenvalue weighted by Crippen LogP contribution is -2.13. The predicted octanol–water partition coefficient (Wildman–Crippen LogP) is 4.90. The van der Waals surface area contributed by atoms with Crippen molar-refractivity contribution in [2.24, 2.45) is 0 Å². The van der Waals surface area contributed by atoms with Gasteiger partial charge in [0, 0.05) is 22.6 Å². The Bertz CT molecular complexity index is 1570. The molecule has 5 rings (SSSR count). The second-order valence-electron chi connectivity index (χ2n) is 8.78. The average Bonchev–Trinajstić information content (AvgIpc) is 3.35. The Kier molecular flexibility index (Phi) is 5.86. The van der Waals surface area contributed by atoms with Gasteiger partial charge >= 0.3 is 12.1 Å². The highest BCUT2D eigenvalue weighted by atomic mass is 32.2. The monoisotopic (exact) mass is 531 g/mol. The predicted molar refractivity (Wildman–Crippen MR) is 130 cm³/mol. The molecule has 0 radical (unpaired) electrons. The number of anilines is 2. The third kappa shape index (κ3) is 4.59. The molecule has 192 valence electrons. The molecule has 0 spiro atoms. The van der Waals surface area contributed by atoms with Gasteiger partial charge < -0.3 is 15.4 Å². The summed E-state index contributed by atoms with van der Waals surface area (Å²) in [6.07, 6.45) is -0.0745. The molecular formula is C25H20F3N3O5S. The molecule has 0 fully saturated rings. The number of nitrogens with one attached hydrogen (secondary N) is 3. The van der Waals surface area contributed by atoms with Gasteiger partial charge in [0.05, 0.1) is 27.3 Å². The van der Waals surface area contributed by atoms with Crippen molar-refractivity contribution < 1.29 is 36.3 Å². The van der Waals surface area contributed by atoms with Crippen LogP contribution in [0.3, 0.4) is 0 Å². The highest BCUT2D eigenvalue weighted by Gasteiger charge is 2.31. The number of carboxylic acid groups (broad SMARTS) is 1. The first-order chi connectivity index (χ1) is 17.4. The van der Waals surface area contributed by atoms with Gasteiger partial charge in [-0.3, -0.25) is 9.52 Å². The summed E-state index contributed by atoms with van der Waals surface area (Å²) in [5, 5.41) is 12.4. The summed E-state index contributed by atoms with van der Waals surface area (Å²) in [5.74, 6) is -1.65. The lowest BCUT2D eigenvalue weighted by atomic mass is 9.94. The number of aromatic carboxylic acids is 1. The lowest BCUT2D eigenvalue weighted by molar-refractivity contribution is -0.137. The van der Waals surface area contributed by atoms with Gasteiger partial charge in [-0.1, -0.05) is 0 Å². The molecule has 0 bridgehead atoms. The summed E-state index contributed by atoms with van der Waals surface area (Å²) in [6, 6.07) is 7.45. The summed E-state index contributed by atoms with van der Waals surface area (Å²) >= 11 is 0. The van der Waals surface area contributed by atoms with Gasteiger partial charge in [0.1, 0.15) is 0 Å². The largest absolute Gasteiger partial charge is 0.478 e. The Hall–Kier alpha value is -4.06. The van der Waals surface area contributed by atoms with Gasteiger partial charge in [-0.05, 0) is 79.8 Å². The molecule has 0 atom stereocenters. The van der Waals surface area contributed by atoms with Crippen molar-refractivity contribution in [2.45, 2.75) is 36.8 Å². The van der Waals surface area contributed by atoms with Gasteiger partial charge in [0.25, 0.3) is 15.9 Å². The van der Waals surface area contributed by atoms with Crippen molar-refractivity contribution in [3.8, 4) is 0 Å². The van der Waals surface area contributed by atoms with Crippen LogP contribution in [0.25, 0.3) is 11.6 Å². The Labute approximate surface area is 209 Å². The molecule has 2 heterocycles. The van der Waals surface area contributed by atoms with E-state index in [0.717, 1.165) is 42.8 Å². The van der Waals surface area contributed by atoms with Gasteiger partial charge in [-0.2, -0.15) is 13.2 Å². The molecule has 12 heteroatoms. The Morgan fingerprint density at radius 2 is 1.76 bits per heavy atom. The molecule has 3 aromatic rings. The third-order valence-electron chi connectivity index (χ3n) is 6.38. The van der Waals surface area contributed by atoms with E-state index >= 15 is 0 Å². The molecule has 2 aromatic carbocycles. The molecule has 8 nitrogen and oxygen atoms in total. The van der Waals surface area contributed by atoms with E-state index in [4.69, 9.17) is 0 Å². The van der Waals surface area contributed by atoms with Crippen molar-refractivity contribution >= 4 is 44.9 Å². The van der Waals surface area contributed by atoms with E-state index in [2.05, 4.69) is 15.0 Å². The first kappa shape index (κ1) is 24.6. The number of hydrogen-bond acceptors (Lipinski definition) is 4. The normalized spacial score (nSPS) is 16.3. The lowest BCUT2D eigenvalue weighted by Gasteiger charge is -2.11. The van der Waals surface area contributed by atoms with Crippen LogP contribution in [0.2, 0.25) is 0 Å². The highest BCUT2D eigenvalue weighted by molar-refractivity contribution is 7.92. The van der Waals surface area contributed by atoms with Gasteiger partial charge in [-0.15, -0.1) is 0 Å². The van der Waals surface area contributed by atoms with Crippen LogP contribution in [0.5, 0.6) is 0 Å². The fourth-order valence-corrected chi connectivity index (χ4v) is 5.71. The maximum Gasteiger partial charge on any atom is 0.416 e. The number of rotatable bonds is 5. The van der Waals surface area contributed by atoms with Crippen molar-refractivity contribution in [1.29, 1.82) is 0 Å². The van der Waals surface area contributed by atoms with E-state index in [0.29, 0.717) is 24.1 Å². The second-order valence-corrected chi connectivity index (χ2v) is 10.5. The molecule has 0 unspecified atom stereocenters. The van der Waals surface area contributed by atoms with Gasteiger partial charge in [0.15, 0.2) is 0 Å². The zero-order valence-electron chi connectivity index (χ0n) is 19.1. The number of aromatic amines is 1. The number of alkyl halides is 3. The van der Waals surface area contributed by atoms with E-state index in [1.165, 1.54) is 24.3 Å². The number of carbonyl (C=O) groups is 2. The maximum absolute atomic E-state index is 13.0. The number of sulfonamides is 1. The van der Waals surface area contributed by atoms with Crippen molar-refractivity contribution in [3.63, 3.8) is 0 Å². The molecule has 37 heavy (non-hydrogen) atoms. The van der Waals surface area contributed by atoms with Crippen LogP contribution in [0, 0.1) is 0 Å². The van der Waals surface area contributed by atoms with E-state index in [1.54, 1.807) is 0 Å². The number of amides is 1. The second kappa shape index (κ2) is 8.80. The molecular weight excluding hydrogens is 511 g/mol. The summed E-state index contributed by atoms with van der Waals surface area (Å²) in [6.45, 7) is 0. The van der Waals surface area contributed by atoms with E-state index in [1.807, 2.05) is 0 Å². The van der Waals surface area contributed by atoms with Crippen molar-refractivity contribution in [3.05, 3.63) is 76.1 Å². The molecule has 1 amide bonds. The molecule has 1 aromatic heterocycles. The summed E-state index contributed by atoms with van der Waals surface area (Å²) in [5.41, 5.74) is 1.57. The Morgan fingerprint density at radius 3 is 2.43 bits per heavy atom. The first-order valence-corrected chi connectivity index (χ1v) is 12.8. The molecule has 0 saturated carbocycles. The van der Waals surface area contributed by atoms with Gasteiger partial charge in [-0.25, -0.2) is 13.2 Å². The van der Waals surface area contributed by atoms with Crippen LogP contribution in [0.4, 0.5) is 24.5 Å². The molecule has 0 saturated heterocycles. The topological polar surface area (TPSA) is 128 Å². The Balaban J connectivity index is 1.50. The number of benzene rings is 2. The molecule has 1 aliphatic heterocycles. The van der Waals surface area contributed by atoms with Crippen LogP contribution in [0.1, 0.15) is 51.3 Å². The number of H-pyrrole nitrogens is 1. The van der Waals surface area contributed by atoms with Crippen molar-refractivity contribution in [1.82, 2.24) is 4.98 Å². The fourth-order valence-electron chi connectivity index (χ4n) is 4.62. The minimum absolute atomic E-state index is 0.0680. The summed E-state index contributed by atoms with van der Waals surface area (Å²) in [4.78, 5) is 27.6. The zero-order valence-corrected chi connectivity index (χ0v) is 19.9. The number of aromatic nitrogens is 1. The van der Waals surface area contributed by atoms with E-state index in [9.17, 15) is 36.3 Å². The highest BCUT2D eigenvalue weighted by Crippen LogP contribution is 2.37. The molecule has 2 aliphatic rings. The van der Waals surface area contributed by atoms with E-state index in [-0.39, 0.29) is 33.0 Å². The number of carbonyl (C=O) groups excluding carboxylic acids is 1. The van der Waals surface area contributed by atoms with Crippen molar-refractivity contribution in [2.75, 3.05) is 10.0 Å². The molecule has 1 aliphatic carbocycles. The minimum Gasteiger partial charge on any atom is -0.478 e. The Morgan fingerprint density at radius 1 is 1.05 bits per heavy atom. The number of carboxylic acids is 1. The minimum atomic E-state index is -4.56.